The molecule has 1 fully saturated rings. The Bertz CT molecular complexity index is 1000. The van der Waals surface area contributed by atoms with Gasteiger partial charge in [-0.2, -0.15) is 4.98 Å². The van der Waals surface area contributed by atoms with Crippen LogP contribution in [0.25, 0.3) is 0 Å². The number of hydrogen-bond donors (Lipinski definition) is 1. The van der Waals surface area contributed by atoms with E-state index in [0.29, 0.717) is 18.2 Å². The number of piperazine rings is 1. The average molecular weight is 404 g/mol. The van der Waals surface area contributed by atoms with Crippen molar-refractivity contribution in [3.8, 4) is 0 Å². The quantitative estimate of drug-likeness (QED) is 0.496. The summed E-state index contributed by atoms with van der Waals surface area (Å²) < 4.78 is 0. The van der Waals surface area contributed by atoms with Crippen molar-refractivity contribution in [2.45, 2.75) is 13.5 Å². The number of rotatable bonds is 6. The van der Waals surface area contributed by atoms with E-state index in [-0.39, 0.29) is 11.5 Å². The van der Waals surface area contributed by atoms with Gasteiger partial charge in [-0.15, -0.1) is 0 Å². The Morgan fingerprint density at radius 3 is 2.17 bits per heavy atom. The summed E-state index contributed by atoms with van der Waals surface area (Å²) in [6.07, 6.45) is 0. The van der Waals surface area contributed by atoms with Gasteiger partial charge in [0.15, 0.2) is 0 Å². The zero-order valence-electron chi connectivity index (χ0n) is 16.9. The number of benzene rings is 2. The van der Waals surface area contributed by atoms with Crippen molar-refractivity contribution in [1.29, 1.82) is 0 Å². The standard InChI is InChI=1S/C22H24N6O2/c1-17-20(28(29)30)21(23-16-18-8-4-2-5-9-18)25-22(24-17)27-14-12-26(13-15-27)19-10-6-3-7-11-19/h2-11H,12-16H2,1H3,(H,23,24,25). The van der Waals surface area contributed by atoms with Crippen LogP contribution in [0.3, 0.4) is 0 Å². The molecular weight excluding hydrogens is 380 g/mol. The van der Waals surface area contributed by atoms with Crippen molar-refractivity contribution in [2.24, 2.45) is 0 Å². The van der Waals surface area contributed by atoms with Crippen molar-refractivity contribution in [2.75, 3.05) is 41.3 Å². The second kappa shape index (κ2) is 8.77. The van der Waals surface area contributed by atoms with Gasteiger partial charge >= 0.3 is 5.69 Å². The Balaban J connectivity index is 1.52. The van der Waals surface area contributed by atoms with E-state index < -0.39 is 4.92 Å². The highest BCUT2D eigenvalue weighted by atomic mass is 16.6. The van der Waals surface area contributed by atoms with Gasteiger partial charge in [0.25, 0.3) is 0 Å². The molecular formula is C22H24N6O2. The van der Waals surface area contributed by atoms with Crippen LogP contribution in [0.2, 0.25) is 0 Å². The summed E-state index contributed by atoms with van der Waals surface area (Å²) in [5.41, 5.74) is 2.52. The predicted octanol–water partition coefficient (Wildman–Crippen LogP) is 3.63. The Hall–Kier alpha value is -3.68. The van der Waals surface area contributed by atoms with Gasteiger partial charge in [0.1, 0.15) is 5.69 Å². The zero-order chi connectivity index (χ0) is 20.9. The normalized spacial score (nSPS) is 13.9. The largest absolute Gasteiger partial charge is 0.368 e. The maximum Gasteiger partial charge on any atom is 0.332 e. The molecule has 8 heteroatoms. The minimum Gasteiger partial charge on any atom is -0.368 e. The molecule has 0 aliphatic carbocycles. The highest BCUT2D eigenvalue weighted by Gasteiger charge is 2.26. The van der Waals surface area contributed by atoms with Crippen molar-refractivity contribution in [3.05, 3.63) is 82.0 Å². The van der Waals surface area contributed by atoms with E-state index in [1.54, 1.807) is 6.92 Å². The Labute approximate surface area is 175 Å². The maximum atomic E-state index is 11.6. The van der Waals surface area contributed by atoms with Gasteiger partial charge in [0.2, 0.25) is 11.8 Å². The summed E-state index contributed by atoms with van der Waals surface area (Å²) in [4.78, 5) is 24.6. The predicted molar refractivity (Wildman–Crippen MR) is 118 cm³/mol. The molecule has 0 atom stereocenters. The first kappa shape index (κ1) is 19.6. The van der Waals surface area contributed by atoms with Crippen molar-refractivity contribution < 1.29 is 4.92 Å². The van der Waals surface area contributed by atoms with Crippen molar-refractivity contribution >= 4 is 23.1 Å². The van der Waals surface area contributed by atoms with Gasteiger partial charge in [0, 0.05) is 38.4 Å². The molecule has 154 valence electrons. The topological polar surface area (TPSA) is 87.4 Å². The average Bonchev–Trinajstić information content (AvgIpc) is 2.78. The second-order valence-electron chi connectivity index (χ2n) is 7.21. The lowest BCUT2D eigenvalue weighted by atomic mass is 10.2. The number of aryl methyl sites for hydroxylation is 1. The number of para-hydroxylation sites is 1. The molecule has 30 heavy (non-hydrogen) atoms. The molecule has 1 N–H and O–H groups in total. The molecule has 1 aromatic heterocycles. The van der Waals surface area contributed by atoms with Crippen molar-refractivity contribution in [1.82, 2.24) is 9.97 Å². The van der Waals surface area contributed by atoms with Crippen molar-refractivity contribution in [3.63, 3.8) is 0 Å². The van der Waals surface area contributed by atoms with Gasteiger partial charge < -0.3 is 15.1 Å². The van der Waals surface area contributed by atoms with E-state index in [9.17, 15) is 10.1 Å². The van der Waals surface area contributed by atoms with Crippen LogP contribution < -0.4 is 15.1 Å². The molecule has 1 saturated heterocycles. The van der Waals surface area contributed by atoms with Crippen LogP contribution in [0.5, 0.6) is 0 Å². The molecule has 0 amide bonds. The van der Waals surface area contributed by atoms with E-state index >= 15 is 0 Å². The summed E-state index contributed by atoms with van der Waals surface area (Å²) >= 11 is 0. The van der Waals surface area contributed by atoms with E-state index in [0.717, 1.165) is 31.7 Å². The molecule has 0 bridgehead atoms. The minimum absolute atomic E-state index is 0.0717. The smallest absolute Gasteiger partial charge is 0.332 e. The monoisotopic (exact) mass is 404 g/mol. The van der Waals surface area contributed by atoms with E-state index in [4.69, 9.17) is 0 Å². The third-order valence-electron chi connectivity index (χ3n) is 5.22. The van der Waals surface area contributed by atoms with Crippen LogP contribution in [0.1, 0.15) is 11.3 Å². The van der Waals surface area contributed by atoms with Crippen LogP contribution in [-0.2, 0) is 6.54 Å². The molecule has 3 aromatic rings. The van der Waals surface area contributed by atoms with Crippen LogP contribution in [0, 0.1) is 17.0 Å². The molecule has 1 aliphatic heterocycles. The maximum absolute atomic E-state index is 11.6. The van der Waals surface area contributed by atoms with Gasteiger partial charge in [-0.1, -0.05) is 48.5 Å². The first-order chi connectivity index (χ1) is 14.6. The molecule has 4 rings (SSSR count). The SMILES string of the molecule is Cc1nc(N2CCN(c3ccccc3)CC2)nc(NCc2ccccc2)c1[N+](=O)[O-]. The summed E-state index contributed by atoms with van der Waals surface area (Å²) in [6.45, 7) is 5.32. The second-order valence-corrected chi connectivity index (χ2v) is 7.21. The molecule has 1 aliphatic rings. The molecule has 8 nitrogen and oxygen atoms in total. The molecule has 0 unspecified atom stereocenters. The molecule has 2 aromatic carbocycles. The Morgan fingerprint density at radius 2 is 1.53 bits per heavy atom. The van der Waals surface area contributed by atoms with E-state index in [1.807, 2.05) is 48.5 Å². The van der Waals surface area contributed by atoms with E-state index in [2.05, 4.69) is 37.2 Å². The van der Waals surface area contributed by atoms with Gasteiger partial charge in [0.05, 0.1) is 4.92 Å². The zero-order valence-corrected chi connectivity index (χ0v) is 16.9. The number of anilines is 3. The molecule has 0 saturated carbocycles. The highest BCUT2D eigenvalue weighted by Crippen LogP contribution is 2.29. The molecule has 0 radical (unpaired) electrons. The Kier molecular flexibility index (Phi) is 5.74. The van der Waals surface area contributed by atoms with Gasteiger partial charge in [-0.25, -0.2) is 4.98 Å². The molecule has 0 spiro atoms. The lowest BCUT2D eigenvalue weighted by molar-refractivity contribution is -0.385. The van der Waals surface area contributed by atoms with Gasteiger partial charge in [-0.05, 0) is 24.6 Å². The van der Waals surface area contributed by atoms with Crippen LogP contribution in [0.15, 0.2) is 60.7 Å². The Morgan fingerprint density at radius 1 is 0.933 bits per heavy atom. The summed E-state index contributed by atoms with van der Waals surface area (Å²) in [5, 5.41) is 14.7. The molecule has 2 heterocycles. The third-order valence-corrected chi connectivity index (χ3v) is 5.22. The van der Waals surface area contributed by atoms with Crippen LogP contribution in [-0.4, -0.2) is 41.1 Å². The summed E-state index contributed by atoms with van der Waals surface area (Å²) in [6, 6.07) is 20.0. The van der Waals surface area contributed by atoms with E-state index in [1.165, 1.54) is 5.69 Å². The summed E-state index contributed by atoms with van der Waals surface area (Å²) in [5.74, 6) is 0.790. The third kappa shape index (κ3) is 4.32. The fourth-order valence-electron chi connectivity index (χ4n) is 3.62. The first-order valence-electron chi connectivity index (χ1n) is 9.97. The summed E-state index contributed by atoms with van der Waals surface area (Å²) in [7, 11) is 0. The highest BCUT2D eigenvalue weighted by molar-refractivity contribution is 5.61. The van der Waals surface area contributed by atoms with Gasteiger partial charge in [-0.3, -0.25) is 10.1 Å². The van der Waals surface area contributed by atoms with Crippen LogP contribution in [0.4, 0.5) is 23.1 Å². The first-order valence-corrected chi connectivity index (χ1v) is 9.97. The number of aromatic nitrogens is 2. The number of nitro groups is 1. The number of nitrogens with zero attached hydrogens (tertiary/aromatic N) is 5. The lowest BCUT2D eigenvalue weighted by Gasteiger charge is -2.36. The number of hydrogen-bond acceptors (Lipinski definition) is 7. The minimum atomic E-state index is -0.417. The number of nitrogens with one attached hydrogen (secondary N) is 1. The fraction of sp³-hybridized carbons (Fsp3) is 0.273. The lowest BCUT2D eigenvalue weighted by Crippen LogP contribution is -2.47. The van der Waals surface area contributed by atoms with Crippen LogP contribution >= 0.6 is 0 Å². The fourth-order valence-corrected chi connectivity index (χ4v) is 3.62.